The van der Waals surface area contributed by atoms with Crippen LogP contribution in [0.1, 0.15) is 0 Å². The van der Waals surface area contributed by atoms with Crippen LogP contribution in [0.3, 0.4) is 0 Å². The van der Waals surface area contributed by atoms with Crippen molar-refractivity contribution in [3.63, 3.8) is 0 Å². The molecule has 2 aromatic heterocycles. The molecule has 0 aliphatic carbocycles. The Hall–Kier alpha value is -2.03. The second-order valence-corrected chi connectivity index (χ2v) is 3.41. The van der Waals surface area contributed by atoms with E-state index in [4.69, 9.17) is 0 Å². The van der Waals surface area contributed by atoms with Gasteiger partial charge in [-0.05, 0) is 12.1 Å². The molecule has 2 heterocycles. The van der Waals surface area contributed by atoms with Crippen LogP contribution in [0, 0.1) is 0 Å². The Bertz CT molecular complexity index is 567. The van der Waals surface area contributed by atoms with Crippen molar-refractivity contribution in [2.24, 2.45) is 0 Å². The standard InChI is InChI=1S/C9H11F2N5O2/c10-6(11)5-18-4-3-12-7-1-2-8-13-14-9(17)16(8)15-7/h1-2,6H,3-5H2,(H,12,15)(H,14,17). The molecular weight excluding hydrogens is 248 g/mol. The molecule has 0 spiro atoms. The molecule has 2 N–H and O–H groups in total. The van der Waals surface area contributed by atoms with E-state index in [0.29, 0.717) is 18.0 Å². The number of rotatable bonds is 6. The van der Waals surface area contributed by atoms with E-state index in [0.717, 1.165) is 4.52 Å². The highest BCUT2D eigenvalue weighted by Crippen LogP contribution is 2.02. The van der Waals surface area contributed by atoms with Crippen LogP contribution in [0.5, 0.6) is 0 Å². The van der Waals surface area contributed by atoms with E-state index >= 15 is 0 Å². The molecule has 0 radical (unpaired) electrons. The van der Waals surface area contributed by atoms with Crippen molar-refractivity contribution < 1.29 is 13.5 Å². The van der Waals surface area contributed by atoms with Gasteiger partial charge in [0.25, 0.3) is 6.43 Å². The first kappa shape index (κ1) is 12.4. The van der Waals surface area contributed by atoms with Crippen LogP contribution >= 0.6 is 0 Å². The van der Waals surface area contributed by atoms with Crippen molar-refractivity contribution in [1.82, 2.24) is 19.8 Å². The summed E-state index contributed by atoms with van der Waals surface area (Å²) >= 11 is 0. The average Bonchev–Trinajstić information content (AvgIpc) is 2.70. The van der Waals surface area contributed by atoms with Gasteiger partial charge in [-0.2, -0.15) is 9.61 Å². The summed E-state index contributed by atoms with van der Waals surface area (Å²) in [4.78, 5) is 11.2. The Labute approximate surface area is 99.8 Å². The number of hydrogen-bond acceptors (Lipinski definition) is 5. The van der Waals surface area contributed by atoms with E-state index in [2.05, 4.69) is 25.3 Å². The molecule has 2 rings (SSSR count). The van der Waals surface area contributed by atoms with Gasteiger partial charge >= 0.3 is 5.69 Å². The van der Waals surface area contributed by atoms with Gasteiger partial charge in [0.05, 0.1) is 6.61 Å². The van der Waals surface area contributed by atoms with Gasteiger partial charge in [0, 0.05) is 6.54 Å². The first-order chi connectivity index (χ1) is 8.66. The van der Waals surface area contributed by atoms with Crippen LogP contribution in [0.2, 0.25) is 0 Å². The number of H-pyrrole nitrogens is 1. The minimum absolute atomic E-state index is 0.129. The predicted octanol–water partition coefficient (Wildman–Crippen LogP) is 0.111. The van der Waals surface area contributed by atoms with Crippen LogP contribution in [-0.4, -0.2) is 46.0 Å². The molecule has 0 atom stereocenters. The fourth-order valence-corrected chi connectivity index (χ4v) is 1.32. The third kappa shape index (κ3) is 3.00. The molecule has 7 nitrogen and oxygen atoms in total. The first-order valence-electron chi connectivity index (χ1n) is 5.21. The lowest BCUT2D eigenvalue weighted by Gasteiger charge is -2.06. The number of anilines is 1. The Balaban J connectivity index is 1.88. The third-order valence-electron chi connectivity index (χ3n) is 2.07. The lowest BCUT2D eigenvalue weighted by Crippen LogP contribution is -2.16. The van der Waals surface area contributed by atoms with E-state index in [1.807, 2.05) is 0 Å². The monoisotopic (exact) mass is 259 g/mol. The number of nitrogens with zero attached hydrogens (tertiary/aromatic N) is 3. The maximum absolute atomic E-state index is 11.8. The van der Waals surface area contributed by atoms with Gasteiger partial charge in [0.1, 0.15) is 12.4 Å². The number of alkyl halides is 2. The first-order valence-corrected chi connectivity index (χ1v) is 5.21. The van der Waals surface area contributed by atoms with Gasteiger partial charge < -0.3 is 10.1 Å². The van der Waals surface area contributed by atoms with E-state index < -0.39 is 18.7 Å². The van der Waals surface area contributed by atoms with Crippen LogP contribution in [0.4, 0.5) is 14.6 Å². The Morgan fingerprint density at radius 2 is 2.33 bits per heavy atom. The maximum atomic E-state index is 11.8. The van der Waals surface area contributed by atoms with Crippen molar-refractivity contribution >= 4 is 11.5 Å². The zero-order chi connectivity index (χ0) is 13.0. The van der Waals surface area contributed by atoms with Crippen molar-refractivity contribution in [2.75, 3.05) is 25.1 Å². The number of hydrogen-bond donors (Lipinski definition) is 2. The summed E-state index contributed by atoms with van der Waals surface area (Å²) in [6.07, 6.45) is -2.47. The van der Waals surface area contributed by atoms with Crippen molar-refractivity contribution in [1.29, 1.82) is 0 Å². The Morgan fingerprint density at radius 3 is 3.11 bits per heavy atom. The minimum Gasteiger partial charge on any atom is -0.374 e. The summed E-state index contributed by atoms with van der Waals surface area (Å²) < 4.78 is 29.3. The summed E-state index contributed by atoms with van der Waals surface area (Å²) in [6, 6.07) is 3.23. The molecular formula is C9H11F2N5O2. The summed E-state index contributed by atoms with van der Waals surface area (Å²) in [7, 11) is 0. The van der Waals surface area contributed by atoms with E-state index in [1.165, 1.54) is 0 Å². The fourth-order valence-electron chi connectivity index (χ4n) is 1.32. The van der Waals surface area contributed by atoms with E-state index in [1.54, 1.807) is 12.1 Å². The molecule has 0 fully saturated rings. The van der Waals surface area contributed by atoms with E-state index in [-0.39, 0.29) is 6.61 Å². The van der Waals surface area contributed by atoms with Crippen LogP contribution in [0.15, 0.2) is 16.9 Å². The molecule has 0 saturated carbocycles. The van der Waals surface area contributed by atoms with Gasteiger partial charge in [-0.25, -0.2) is 18.7 Å². The highest BCUT2D eigenvalue weighted by molar-refractivity contribution is 5.42. The van der Waals surface area contributed by atoms with Crippen molar-refractivity contribution in [2.45, 2.75) is 6.43 Å². The fraction of sp³-hybridized carbons (Fsp3) is 0.444. The second-order valence-electron chi connectivity index (χ2n) is 3.41. The third-order valence-corrected chi connectivity index (χ3v) is 2.07. The highest BCUT2D eigenvalue weighted by Gasteiger charge is 2.03. The number of fused-ring (bicyclic) bond motifs is 1. The van der Waals surface area contributed by atoms with Gasteiger partial charge in [-0.15, -0.1) is 5.10 Å². The van der Waals surface area contributed by atoms with E-state index in [9.17, 15) is 13.6 Å². The maximum Gasteiger partial charge on any atom is 0.364 e. The Morgan fingerprint density at radius 1 is 1.50 bits per heavy atom. The quantitative estimate of drug-likeness (QED) is 0.719. The molecule has 0 bridgehead atoms. The zero-order valence-corrected chi connectivity index (χ0v) is 9.27. The zero-order valence-electron chi connectivity index (χ0n) is 9.27. The second kappa shape index (κ2) is 5.54. The van der Waals surface area contributed by atoms with Crippen LogP contribution in [-0.2, 0) is 4.74 Å². The molecule has 9 heteroatoms. The highest BCUT2D eigenvalue weighted by atomic mass is 19.3. The van der Waals surface area contributed by atoms with Gasteiger partial charge in [0.15, 0.2) is 5.65 Å². The van der Waals surface area contributed by atoms with Crippen molar-refractivity contribution in [3.05, 3.63) is 22.6 Å². The molecule has 0 aliphatic rings. The summed E-state index contributed by atoms with van der Waals surface area (Å²) in [5.74, 6) is 0.437. The molecule has 0 aliphatic heterocycles. The van der Waals surface area contributed by atoms with Gasteiger partial charge in [0.2, 0.25) is 0 Å². The average molecular weight is 259 g/mol. The van der Waals surface area contributed by atoms with Crippen molar-refractivity contribution in [3.8, 4) is 0 Å². The smallest absolute Gasteiger partial charge is 0.364 e. The summed E-state index contributed by atoms with van der Waals surface area (Å²) in [5.41, 5.74) is -0.0397. The molecule has 2 aromatic rings. The number of ether oxygens (including phenoxy) is 1. The largest absolute Gasteiger partial charge is 0.374 e. The predicted molar refractivity (Wildman–Crippen MR) is 58.9 cm³/mol. The molecule has 0 saturated heterocycles. The summed E-state index contributed by atoms with van der Waals surface area (Å²) in [6.45, 7) is -0.141. The number of aromatic amines is 1. The molecule has 0 amide bonds. The lowest BCUT2D eigenvalue weighted by molar-refractivity contribution is 0.0214. The number of halogens is 2. The normalized spacial score (nSPS) is 11.3. The number of nitrogens with one attached hydrogen (secondary N) is 2. The molecule has 18 heavy (non-hydrogen) atoms. The Kier molecular flexibility index (Phi) is 3.82. The van der Waals surface area contributed by atoms with Gasteiger partial charge in [-0.1, -0.05) is 0 Å². The lowest BCUT2D eigenvalue weighted by atomic mass is 10.5. The van der Waals surface area contributed by atoms with Crippen LogP contribution in [0.25, 0.3) is 5.65 Å². The molecule has 0 unspecified atom stereocenters. The van der Waals surface area contributed by atoms with Gasteiger partial charge in [-0.3, -0.25) is 0 Å². The molecule has 0 aromatic carbocycles. The topological polar surface area (TPSA) is 84.3 Å². The SMILES string of the molecule is O=c1[nH]nc2ccc(NCCOCC(F)F)nn12. The van der Waals surface area contributed by atoms with Crippen LogP contribution < -0.4 is 11.0 Å². The molecule has 98 valence electrons. The summed E-state index contributed by atoms with van der Waals surface area (Å²) in [5, 5.41) is 12.8. The minimum atomic E-state index is -2.47. The number of aromatic nitrogens is 4.